The van der Waals surface area contributed by atoms with Crippen molar-refractivity contribution in [2.24, 2.45) is 5.92 Å². The zero-order chi connectivity index (χ0) is 19.6. The highest BCUT2D eigenvalue weighted by Gasteiger charge is 2.20. The summed E-state index contributed by atoms with van der Waals surface area (Å²) < 4.78 is 0. The smallest absolute Gasteiger partial charge is 0.0249 e. The van der Waals surface area contributed by atoms with Crippen molar-refractivity contribution < 1.29 is 0 Å². The third-order valence-electron chi connectivity index (χ3n) is 5.93. The van der Waals surface area contributed by atoms with Crippen LogP contribution in [0.4, 0.5) is 0 Å². The van der Waals surface area contributed by atoms with Crippen LogP contribution in [0, 0.1) is 29.6 Å². The normalized spacial score (nSPS) is 18.5. The molecule has 0 N–H and O–H groups in total. The van der Waals surface area contributed by atoms with Crippen LogP contribution in [0.5, 0.6) is 0 Å². The predicted octanol–water partition coefficient (Wildman–Crippen LogP) is 7.31. The summed E-state index contributed by atoms with van der Waals surface area (Å²) in [6, 6.07) is 17.2. The van der Waals surface area contributed by atoms with Crippen LogP contribution >= 0.6 is 0 Å². The molecule has 0 heteroatoms. The zero-order valence-corrected chi connectivity index (χ0v) is 17.4. The molecule has 0 bridgehead atoms. The molecule has 2 aromatic carbocycles. The van der Waals surface area contributed by atoms with Gasteiger partial charge >= 0.3 is 0 Å². The van der Waals surface area contributed by atoms with Crippen LogP contribution in [0.15, 0.2) is 48.5 Å². The second-order valence-electron chi connectivity index (χ2n) is 7.98. The van der Waals surface area contributed by atoms with Gasteiger partial charge in [0.2, 0.25) is 0 Å². The monoisotopic (exact) mass is 368 g/mol. The third-order valence-corrected chi connectivity index (χ3v) is 5.93. The minimum absolute atomic E-state index is 0.746. The van der Waals surface area contributed by atoms with Crippen molar-refractivity contribution in [3.63, 3.8) is 0 Å². The van der Waals surface area contributed by atoms with Crippen LogP contribution in [0.3, 0.4) is 0 Å². The molecule has 0 aliphatic heterocycles. The van der Waals surface area contributed by atoms with Gasteiger partial charge in [0.15, 0.2) is 0 Å². The van der Waals surface area contributed by atoms with Gasteiger partial charge in [-0.05, 0) is 85.9 Å². The van der Waals surface area contributed by atoms with Crippen molar-refractivity contribution in [1.82, 2.24) is 0 Å². The second-order valence-corrected chi connectivity index (χ2v) is 7.98. The quantitative estimate of drug-likeness (QED) is 0.392. The molecule has 3 rings (SSSR count). The highest BCUT2D eigenvalue weighted by molar-refractivity contribution is 5.46. The van der Waals surface area contributed by atoms with Crippen molar-refractivity contribution in [1.29, 1.82) is 0 Å². The minimum atomic E-state index is 0.746. The fourth-order valence-electron chi connectivity index (χ4n) is 3.95. The van der Waals surface area contributed by atoms with E-state index in [1.807, 2.05) is 0 Å². The van der Waals surface area contributed by atoms with Crippen LogP contribution in [-0.2, 0) is 0 Å². The Hall–Kier alpha value is -2.44. The Kier molecular flexibility index (Phi) is 7.82. The Balaban J connectivity index is 1.57. The first-order valence-electron chi connectivity index (χ1n) is 11.0. The largest absolute Gasteiger partial charge is 0.0979 e. The van der Waals surface area contributed by atoms with E-state index >= 15 is 0 Å². The van der Waals surface area contributed by atoms with E-state index in [0.29, 0.717) is 0 Å². The molecule has 0 heterocycles. The fraction of sp³-hybridized carbons (Fsp3) is 0.429. The average molecular weight is 369 g/mol. The molecule has 0 radical (unpaired) electrons. The molecule has 0 unspecified atom stereocenters. The molecule has 0 atom stereocenters. The maximum absolute atomic E-state index is 3.30. The first-order chi connectivity index (χ1) is 13.8. The second kappa shape index (κ2) is 10.8. The summed E-state index contributed by atoms with van der Waals surface area (Å²) in [7, 11) is 0. The summed E-state index contributed by atoms with van der Waals surface area (Å²) in [6.45, 7) is 4.52. The van der Waals surface area contributed by atoms with Crippen LogP contribution in [0.2, 0.25) is 0 Å². The molecule has 1 fully saturated rings. The summed E-state index contributed by atoms with van der Waals surface area (Å²) in [6.07, 6.45) is 10.2. The molecule has 0 saturated heterocycles. The van der Waals surface area contributed by atoms with E-state index in [-0.39, 0.29) is 0 Å². The van der Waals surface area contributed by atoms with E-state index < -0.39 is 0 Å². The summed E-state index contributed by atoms with van der Waals surface area (Å²) in [5.41, 5.74) is 4.70. The van der Waals surface area contributed by atoms with Gasteiger partial charge in [-0.15, -0.1) is 0 Å². The van der Waals surface area contributed by atoms with Gasteiger partial charge in [-0.25, -0.2) is 0 Å². The Morgan fingerprint density at radius 2 is 1.25 bits per heavy atom. The minimum Gasteiger partial charge on any atom is -0.0979 e. The number of rotatable bonds is 4. The topological polar surface area (TPSA) is 0 Å². The predicted molar refractivity (Wildman–Crippen MR) is 120 cm³/mol. The van der Waals surface area contributed by atoms with Crippen molar-refractivity contribution in [3.05, 3.63) is 70.8 Å². The molecule has 28 heavy (non-hydrogen) atoms. The molecule has 144 valence electrons. The van der Waals surface area contributed by atoms with Crippen molar-refractivity contribution in [3.8, 4) is 23.7 Å². The molecule has 2 aromatic rings. The number of benzene rings is 2. The lowest BCUT2D eigenvalue weighted by Gasteiger charge is -2.28. The Morgan fingerprint density at radius 1 is 0.714 bits per heavy atom. The first kappa shape index (κ1) is 20.3. The number of unbranched alkanes of at least 4 members (excludes halogenated alkanes) is 2. The molecule has 0 nitrogen and oxygen atoms in total. The number of hydrogen-bond acceptors (Lipinski definition) is 0. The summed E-state index contributed by atoms with van der Waals surface area (Å²) in [5.74, 6) is 14.7. The summed E-state index contributed by atoms with van der Waals surface area (Å²) in [5, 5.41) is 0. The molecular weight excluding hydrogens is 336 g/mol. The van der Waals surface area contributed by atoms with E-state index in [9.17, 15) is 0 Å². The molecule has 1 aliphatic carbocycles. The van der Waals surface area contributed by atoms with E-state index in [1.165, 1.54) is 50.5 Å². The highest BCUT2D eigenvalue weighted by atomic mass is 14.3. The van der Waals surface area contributed by atoms with E-state index in [1.54, 1.807) is 0 Å². The zero-order valence-electron chi connectivity index (χ0n) is 17.4. The van der Waals surface area contributed by atoms with Gasteiger partial charge in [0.25, 0.3) is 0 Å². The molecule has 0 amide bonds. The maximum Gasteiger partial charge on any atom is 0.0249 e. The summed E-state index contributed by atoms with van der Waals surface area (Å²) in [4.78, 5) is 0. The van der Waals surface area contributed by atoms with Crippen LogP contribution < -0.4 is 0 Å². The molecule has 0 spiro atoms. The summed E-state index contributed by atoms with van der Waals surface area (Å²) >= 11 is 0. The molecule has 0 aromatic heterocycles. The first-order valence-corrected chi connectivity index (χ1v) is 11.0. The van der Waals surface area contributed by atoms with E-state index in [4.69, 9.17) is 0 Å². The van der Waals surface area contributed by atoms with Crippen molar-refractivity contribution in [2.45, 2.75) is 71.1 Å². The lowest BCUT2D eigenvalue weighted by molar-refractivity contribution is 0.319. The Labute approximate surface area is 171 Å². The van der Waals surface area contributed by atoms with Gasteiger partial charge in [-0.1, -0.05) is 62.5 Å². The van der Waals surface area contributed by atoms with Gasteiger partial charge in [0.1, 0.15) is 0 Å². The lowest BCUT2D eigenvalue weighted by atomic mass is 9.78. The third kappa shape index (κ3) is 6.04. The van der Waals surface area contributed by atoms with Crippen molar-refractivity contribution in [2.75, 3.05) is 0 Å². The Bertz CT molecular complexity index is 839. The van der Waals surface area contributed by atoms with Gasteiger partial charge < -0.3 is 0 Å². The molecule has 1 saturated carbocycles. The Morgan fingerprint density at radius 3 is 1.79 bits per heavy atom. The van der Waals surface area contributed by atoms with Crippen molar-refractivity contribution >= 4 is 0 Å². The molecular formula is C28H32. The van der Waals surface area contributed by atoms with E-state index in [0.717, 1.165) is 34.9 Å². The SMILES string of the molecule is CCCCC#Cc1ccc(C#Cc2ccc(C3CCC(CC)CC3)cc2)cc1. The van der Waals surface area contributed by atoms with Gasteiger partial charge in [0.05, 0.1) is 0 Å². The van der Waals surface area contributed by atoms with Crippen LogP contribution in [0.1, 0.15) is 93.4 Å². The van der Waals surface area contributed by atoms with Gasteiger partial charge in [0, 0.05) is 23.1 Å². The van der Waals surface area contributed by atoms with Crippen LogP contribution in [-0.4, -0.2) is 0 Å². The van der Waals surface area contributed by atoms with E-state index in [2.05, 4.69) is 86.1 Å². The van der Waals surface area contributed by atoms with Gasteiger partial charge in [-0.2, -0.15) is 0 Å². The standard InChI is InChI=1S/C28H32/c1-3-5-6-7-8-24-9-11-25(12-10-24)13-14-26-17-21-28(22-18-26)27-19-15-23(4-2)16-20-27/h9-12,17-18,21-23,27H,3-6,15-16,19-20H2,1-2H3. The average Bonchev–Trinajstić information content (AvgIpc) is 2.76. The van der Waals surface area contributed by atoms with Gasteiger partial charge in [-0.3, -0.25) is 0 Å². The van der Waals surface area contributed by atoms with Crippen LogP contribution in [0.25, 0.3) is 0 Å². The fourth-order valence-corrected chi connectivity index (χ4v) is 3.95. The highest BCUT2D eigenvalue weighted by Crippen LogP contribution is 2.36. The molecule has 1 aliphatic rings. The maximum atomic E-state index is 3.30. The number of hydrogen-bond donors (Lipinski definition) is 0. The lowest BCUT2D eigenvalue weighted by Crippen LogP contribution is -2.12.